The van der Waals surface area contributed by atoms with E-state index in [4.69, 9.17) is 15.3 Å². The maximum absolute atomic E-state index is 7.57. The van der Waals surface area contributed by atoms with Crippen LogP contribution in [0.4, 0.5) is 0 Å². The normalized spacial score (nSPS) is 7.60. The Kier molecular flexibility index (Phi) is 58.3. The molecule has 0 aromatic rings. The van der Waals surface area contributed by atoms with Crippen molar-refractivity contribution in [2.75, 3.05) is 19.8 Å². The largest absolute Gasteiger partial charge is 0.397 e. The van der Waals surface area contributed by atoms with Gasteiger partial charge in [0, 0.05) is 45.7 Å². The van der Waals surface area contributed by atoms with Gasteiger partial charge in [-0.15, -0.1) is 8.07 Å². The van der Waals surface area contributed by atoms with E-state index in [0.29, 0.717) is 0 Å². The van der Waals surface area contributed by atoms with E-state index in [1.54, 1.807) is 20.8 Å². The Morgan fingerprint density at radius 3 is 0.800 bits per heavy atom. The summed E-state index contributed by atoms with van der Waals surface area (Å²) in [6.45, 7) is 16.3. The van der Waals surface area contributed by atoms with Crippen molar-refractivity contribution in [2.24, 2.45) is 0 Å². The summed E-state index contributed by atoms with van der Waals surface area (Å²) in [7, 11) is -0.861. The summed E-state index contributed by atoms with van der Waals surface area (Å²) in [5.74, 6) is 0. The molecule has 0 aliphatic heterocycles. The second kappa shape index (κ2) is 29.4. The molecule has 0 aromatic carbocycles. The smallest absolute Gasteiger partial charge is 0.0402 e. The zero-order valence-electron chi connectivity index (χ0n) is 11.2. The Hall–Kier alpha value is 0.967. The van der Waals surface area contributed by atoms with Gasteiger partial charge in [0.25, 0.3) is 0 Å². The van der Waals surface area contributed by atoms with Crippen LogP contribution in [0, 0.1) is 6.55 Å². The average Bonchev–Trinajstić information content (AvgIpc) is 1.86. The van der Waals surface area contributed by atoms with Gasteiger partial charge in [0.2, 0.25) is 0 Å². The first-order chi connectivity index (χ1) is 6.24. The monoisotopic (exact) mass is 405 g/mol. The summed E-state index contributed by atoms with van der Waals surface area (Å²) in [6, 6.07) is 0. The minimum atomic E-state index is -0.861. The molecule has 0 radical (unpaired) electrons. The van der Waals surface area contributed by atoms with Gasteiger partial charge in [-0.1, -0.05) is 19.6 Å². The van der Waals surface area contributed by atoms with E-state index in [1.165, 1.54) is 0 Å². The summed E-state index contributed by atoms with van der Waals surface area (Å²) in [6.07, 6.45) is 0. The zero-order valence-corrected chi connectivity index (χ0v) is 15.8. The van der Waals surface area contributed by atoms with Crippen LogP contribution in [-0.2, 0) is 25.8 Å². The Morgan fingerprint density at radius 2 is 0.800 bits per heavy atom. The Morgan fingerprint density at radius 1 is 0.800 bits per heavy atom. The molecule has 0 aliphatic rings. The minimum Gasteiger partial charge on any atom is -0.397 e. The second-order valence-electron chi connectivity index (χ2n) is 3.51. The molecule has 5 heteroatoms. The van der Waals surface area contributed by atoms with Crippen LogP contribution in [0.15, 0.2) is 0 Å². The number of hydrogen-bond donors (Lipinski definition) is 3. The first-order valence-electron chi connectivity index (χ1n) is 4.92. The molecular weight excluding hydrogens is 375 g/mol. The quantitative estimate of drug-likeness (QED) is 0.426. The van der Waals surface area contributed by atoms with Crippen molar-refractivity contribution in [1.82, 2.24) is 0 Å². The van der Waals surface area contributed by atoms with Crippen LogP contribution in [0.25, 0.3) is 0 Å². The van der Waals surface area contributed by atoms with E-state index in [1.807, 2.05) is 0 Å². The summed E-state index contributed by atoms with van der Waals surface area (Å²) >= 11 is 0. The molecule has 15 heavy (non-hydrogen) atoms. The van der Waals surface area contributed by atoms with Crippen molar-refractivity contribution >= 4 is 8.07 Å². The van der Waals surface area contributed by atoms with Gasteiger partial charge in [0.05, 0.1) is 0 Å². The van der Waals surface area contributed by atoms with E-state index in [9.17, 15) is 0 Å². The average molecular weight is 404 g/mol. The fourth-order valence-electron chi connectivity index (χ4n) is 0. The van der Waals surface area contributed by atoms with Gasteiger partial charge in [-0.05, 0) is 20.8 Å². The van der Waals surface area contributed by atoms with Crippen LogP contribution >= 0.6 is 0 Å². The SMILES string of the molecule is CCO.CCO.CCO.[CH2-][Si](C)(C)C.[Hf]. The van der Waals surface area contributed by atoms with E-state index in [2.05, 4.69) is 26.2 Å². The van der Waals surface area contributed by atoms with Crippen LogP contribution in [0.1, 0.15) is 20.8 Å². The molecule has 0 aliphatic carbocycles. The maximum Gasteiger partial charge on any atom is 0.0402 e. The maximum atomic E-state index is 7.57. The predicted octanol–water partition coefficient (Wildman–Crippen LogP) is 1.69. The molecule has 3 nitrogen and oxygen atoms in total. The fourth-order valence-corrected chi connectivity index (χ4v) is 0. The number of rotatable bonds is 0. The predicted molar refractivity (Wildman–Crippen MR) is 67.0 cm³/mol. The zero-order chi connectivity index (χ0) is 12.6. The van der Waals surface area contributed by atoms with Crippen molar-refractivity contribution in [2.45, 2.75) is 40.4 Å². The second-order valence-corrected chi connectivity index (χ2v) is 8.63. The molecule has 0 heterocycles. The third-order valence-electron chi connectivity index (χ3n) is 0. The van der Waals surface area contributed by atoms with Gasteiger partial charge < -0.3 is 21.9 Å². The fraction of sp³-hybridized carbons (Fsp3) is 0.900. The van der Waals surface area contributed by atoms with Crippen LogP contribution in [0.2, 0.25) is 19.6 Å². The van der Waals surface area contributed by atoms with Crippen LogP contribution in [-0.4, -0.2) is 43.2 Å². The van der Waals surface area contributed by atoms with E-state index in [0.717, 1.165) is 0 Å². The summed E-state index contributed by atoms with van der Waals surface area (Å²) < 4.78 is 0. The summed E-state index contributed by atoms with van der Waals surface area (Å²) in [5, 5.41) is 22.7. The Balaban J connectivity index is -0.0000000300. The van der Waals surface area contributed by atoms with Crippen molar-refractivity contribution < 1.29 is 41.2 Å². The van der Waals surface area contributed by atoms with Gasteiger partial charge in [-0.2, -0.15) is 0 Å². The van der Waals surface area contributed by atoms with Crippen molar-refractivity contribution in [3.63, 3.8) is 0 Å². The Labute approximate surface area is 116 Å². The molecule has 0 rings (SSSR count). The molecule has 0 bridgehead atoms. The van der Waals surface area contributed by atoms with Gasteiger partial charge >= 0.3 is 0 Å². The van der Waals surface area contributed by atoms with E-state index >= 15 is 0 Å². The van der Waals surface area contributed by atoms with Crippen molar-refractivity contribution in [1.29, 1.82) is 0 Å². The number of hydrogen-bond acceptors (Lipinski definition) is 3. The van der Waals surface area contributed by atoms with Crippen LogP contribution in [0.5, 0.6) is 0 Å². The molecule has 0 aromatic heterocycles. The molecule has 0 unspecified atom stereocenters. The first kappa shape index (κ1) is 29.7. The molecule has 0 fully saturated rings. The molecule has 0 amide bonds. The molecule has 3 N–H and O–H groups in total. The summed E-state index contributed by atoms with van der Waals surface area (Å²) in [4.78, 5) is 0. The third kappa shape index (κ3) is 2690. The molecule has 0 spiro atoms. The first-order valence-corrected chi connectivity index (χ1v) is 8.63. The van der Waals surface area contributed by atoms with Gasteiger partial charge in [-0.25, -0.2) is 0 Å². The third-order valence-corrected chi connectivity index (χ3v) is 0. The Bertz CT molecular complexity index is 57.4. The van der Waals surface area contributed by atoms with Crippen LogP contribution in [0.3, 0.4) is 0 Å². The number of aliphatic hydroxyl groups is 3. The van der Waals surface area contributed by atoms with Gasteiger partial charge in [0.15, 0.2) is 0 Å². The van der Waals surface area contributed by atoms with Crippen molar-refractivity contribution in [3.05, 3.63) is 6.55 Å². The van der Waals surface area contributed by atoms with Gasteiger partial charge in [0.1, 0.15) is 0 Å². The number of aliphatic hydroxyl groups excluding tert-OH is 3. The topological polar surface area (TPSA) is 60.7 Å². The molecule has 0 saturated heterocycles. The summed E-state index contributed by atoms with van der Waals surface area (Å²) in [5.41, 5.74) is 0. The van der Waals surface area contributed by atoms with E-state index < -0.39 is 8.07 Å². The standard InChI is InChI=1S/C4H11Si.3C2H6O.Hf/c1-5(2,3)4;3*1-2-3;/h1H2,2-4H3;3*3H,2H2,1H3;/q-1;;;;. The minimum absolute atomic E-state index is 0. The van der Waals surface area contributed by atoms with Crippen molar-refractivity contribution in [3.8, 4) is 0 Å². The van der Waals surface area contributed by atoms with Crippen LogP contribution < -0.4 is 0 Å². The molecule has 0 atom stereocenters. The molecule has 96 valence electrons. The van der Waals surface area contributed by atoms with Gasteiger partial charge in [-0.3, -0.25) is 0 Å². The van der Waals surface area contributed by atoms with E-state index in [-0.39, 0.29) is 45.7 Å². The molecule has 0 saturated carbocycles. The molecular formula is C10H29HfO3Si-.